The van der Waals surface area contributed by atoms with Gasteiger partial charge in [0.25, 0.3) is 0 Å². The van der Waals surface area contributed by atoms with E-state index in [0.29, 0.717) is 5.92 Å². The van der Waals surface area contributed by atoms with Crippen LogP contribution in [0.3, 0.4) is 0 Å². The third-order valence-corrected chi connectivity index (χ3v) is 3.98. The Kier molecular flexibility index (Phi) is 4.18. The van der Waals surface area contributed by atoms with Crippen molar-refractivity contribution in [2.24, 2.45) is 0 Å². The fourth-order valence-electron chi connectivity index (χ4n) is 2.15. The van der Waals surface area contributed by atoms with E-state index in [4.69, 9.17) is 0 Å². The van der Waals surface area contributed by atoms with Crippen molar-refractivity contribution in [3.8, 4) is 11.1 Å². The van der Waals surface area contributed by atoms with E-state index in [1.807, 2.05) is 12.4 Å². The molecule has 0 N–H and O–H groups in total. The highest BCUT2D eigenvalue weighted by atomic mass is 79.9. The van der Waals surface area contributed by atoms with Crippen LogP contribution in [0.2, 0.25) is 0 Å². The minimum Gasteiger partial charge on any atom is -0.264 e. The van der Waals surface area contributed by atoms with Crippen molar-refractivity contribution in [3.63, 3.8) is 0 Å². The smallest absolute Gasteiger partial charge is 0.0308 e. The van der Waals surface area contributed by atoms with Gasteiger partial charge in [0.1, 0.15) is 0 Å². The maximum absolute atomic E-state index is 4.28. The summed E-state index contributed by atoms with van der Waals surface area (Å²) >= 11 is 3.56. The van der Waals surface area contributed by atoms with E-state index < -0.39 is 0 Å². The average molecular weight is 304 g/mol. The van der Waals surface area contributed by atoms with Gasteiger partial charge in [-0.05, 0) is 59.7 Å². The molecule has 0 aliphatic heterocycles. The maximum atomic E-state index is 4.28. The summed E-state index contributed by atoms with van der Waals surface area (Å²) in [7, 11) is 0. The molecule has 0 amide bonds. The van der Waals surface area contributed by atoms with Crippen molar-refractivity contribution in [1.29, 1.82) is 0 Å². The zero-order valence-electron chi connectivity index (χ0n) is 11.1. The summed E-state index contributed by atoms with van der Waals surface area (Å²) in [5.41, 5.74) is 5.23. The Hall–Kier alpha value is -1.15. The predicted molar refractivity (Wildman–Crippen MR) is 80.8 cm³/mol. The summed E-state index contributed by atoms with van der Waals surface area (Å²) in [6.45, 7) is 6.63. The number of rotatable bonds is 3. The van der Waals surface area contributed by atoms with E-state index in [0.717, 1.165) is 10.9 Å². The number of pyridine rings is 1. The molecule has 1 heterocycles. The van der Waals surface area contributed by atoms with Crippen LogP contribution in [0.5, 0.6) is 0 Å². The molecule has 1 aromatic carbocycles. The van der Waals surface area contributed by atoms with Crippen molar-refractivity contribution in [3.05, 3.63) is 52.3 Å². The van der Waals surface area contributed by atoms with Gasteiger partial charge in [-0.25, -0.2) is 0 Å². The Morgan fingerprint density at radius 2 is 2.00 bits per heavy atom. The predicted octanol–water partition coefficient (Wildman–Crippen LogP) is 5.33. The van der Waals surface area contributed by atoms with Gasteiger partial charge in [0.05, 0.1) is 0 Å². The molecule has 1 aromatic heterocycles. The van der Waals surface area contributed by atoms with Crippen LogP contribution in [-0.4, -0.2) is 4.98 Å². The van der Waals surface area contributed by atoms with Crippen LogP contribution in [-0.2, 0) is 0 Å². The van der Waals surface area contributed by atoms with Gasteiger partial charge in [0, 0.05) is 16.9 Å². The van der Waals surface area contributed by atoms with Crippen LogP contribution in [0.1, 0.15) is 37.3 Å². The molecular weight excluding hydrogens is 286 g/mol. The zero-order chi connectivity index (χ0) is 13.1. The van der Waals surface area contributed by atoms with Crippen molar-refractivity contribution in [2.45, 2.75) is 33.1 Å². The van der Waals surface area contributed by atoms with E-state index in [-0.39, 0.29) is 0 Å². The number of halogens is 1. The molecule has 94 valence electrons. The lowest BCUT2D eigenvalue weighted by Crippen LogP contribution is -1.97. The number of nitrogens with zero attached hydrogens (tertiary/aromatic N) is 1. The van der Waals surface area contributed by atoms with E-state index in [1.165, 1.54) is 22.3 Å². The first-order valence-electron chi connectivity index (χ1n) is 6.34. The second-order valence-electron chi connectivity index (χ2n) is 4.73. The molecule has 0 fully saturated rings. The van der Waals surface area contributed by atoms with Crippen LogP contribution in [0.15, 0.2) is 41.1 Å². The summed E-state index contributed by atoms with van der Waals surface area (Å²) in [6.07, 6.45) is 5.01. The summed E-state index contributed by atoms with van der Waals surface area (Å²) in [4.78, 5) is 4.28. The van der Waals surface area contributed by atoms with Crippen molar-refractivity contribution >= 4 is 15.9 Å². The molecule has 1 unspecified atom stereocenters. The molecule has 0 aliphatic carbocycles. The zero-order valence-corrected chi connectivity index (χ0v) is 12.7. The second kappa shape index (κ2) is 5.66. The number of aryl methyl sites for hydroxylation is 1. The molecule has 0 aliphatic rings. The molecule has 2 aromatic rings. The maximum Gasteiger partial charge on any atom is 0.0308 e. The van der Waals surface area contributed by atoms with Crippen LogP contribution in [0.4, 0.5) is 0 Å². The van der Waals surface area contributed by atoms with Crippen molar-refractivity contribution in [1.82, 2.24) is 4.98 Å². The van der Waals surface area contributed by atoms with Crippen molar-refractivity contribution in [2.75, 3.05) is 0 Å². The molecular formula is C16H18BrN. The van der Waals surface area contributed by atoms with E-state index in [2.05, 4.69) is 66.0 Å². The molecule has 0 spiro atoms. The summed E-state index contributed by atoms with van der Waals surface area (Å²) in [5.74, 6) is 0.534. The topological polar surface area (TPSA) is 12.9 Å². The van der Waals surface area contributed by atoms with Gasteiger partial charge in [-0.15, -0.1) is 0 Å². The Morgan fingerprint density at radius 1 is 1.22 bits per heavy atom. The number of hydrogen-bond acceptors (Lipinski definition) is 1. The molecule has 2 rings (SSSR count). The molecule has 2 heteroatoms. The normalized spacial score (nSPS) is 12.4. The molecule has 1 atom stereocenters. The number of benzene rings is 1. The number of hydrogen-bond donors (Lipinski definition) is 0. The second-order valence-corrected chi connectivity index (χ2v) is 5.65. The Bertz CT molecular complexity index is 549. The fourth-order valence-corrected chi connectivity index (χ4v) is 2.51. The lowest BCUT2D eigenvalue weighted by atomic mass is 9.90. The Balaban J connectivity index is 2.60. The highest BCUT2D eigenvalue weighted by Crippen LogP contribution is 2.33. The summed E-state index contributed by atoms with van der Waals surface area (Å²) < 4.78 is 1.12. The van der Waals surface area contributed by atoms with Crippen molar-refractivity contribution < 1.29 is 0 Å². The molecule has 0 bridgehead atoms. The minimum atomic E-state index is 0.534. The van der Waals surface area contributed by atoms with Gasteiger partial charge in [-0.3, -0.25) is 4.98 Å². The third kappa shape index (κ3) is 2.64. The fraction of sp³-hybridized carbons (Fsp3) is 0.312. The van der Waals surface area contributed by atoms with Crippen LogP contribution < -0.4 is 0 Å². The SMILES string of the molecule is CCC(C)c1cnccc1-c1cc(Br)ccc1C. The third-order valence-electron chi connectivity index (χ3n) is 3.48. The first-order valence-corrected chi connectivity index (χ1v) is 7.13. The summed E-state index contributed by atoms with van der Waals surface area (Å²) in [6, 6.07) is 8.55. The number of aromatic nitrogens is 1. The standard InChI is InChI=1S/C16H18BrN/c1-4-11(2)16-10-18-8-7-14(16)15-9-13(17)6-5-12(15)3/h5-11H,4H2,1-3H3. The van der Waals surface area contributed by atoms with Gasteiger partial charge in [-0.2, -0.15) is 0 Å². The largest absolute Gasteiger partial charge is 0.264 e. The van der Waals surface area contributed by atoms with Gasteiger partial charge >= 0.3 is 0 Å². The van der Waals surface area contributed by atoms with Gasteiger partial charge in [0.2, 0.25) is 0 Å². The van der Waals surface area contributed by atoms with E-state index in [1.54, 1.807) is 0 Å². The van der Waals surface area contributed by atoms with E-state index >= 15 is 0 Å². The summed E-state index contributed by atoms with van der Waals surface area (Å²) in [5, 5.41) is 0. The van der Waals surface area contributed by atoms with Crippen LogP contribution >= 0.6 is 15.9 Å². The first kappa shape index (κ1) is 13.3. The average Bonchev–Trinajstić information content (AvgIpc) is 2.40. The molecule has 18 heavy (non-hydrogen) atoms. The van der Waals surface area contributed by atoms with E-state index in [9.17, 15) is 0 Å². The highest BCUT2D eigenvalue weighted by molar-refractivity contribution is 9.10. The lowest BCUT2D eigenvalue weighted by molar-refractivity contribution is 0.731. The first-order chi connectivity index (χ1) is 8.63. The highest BCUT2D eigenvalue weighted by Gasteiger charge is 2.12. The Morgan fingerprint density at radius 3 is 2.72 bits per heavy atom. The molecule has 0 radical (unpaired) electrons. The Labute approximate surface area is 117 Å². The minimum absolute atomic E-state index is 0.534. The van der Waals surface area contributed by atoms with Crippen LogP contribution in [0.25, 0.3) is 11.1 Å². The molecule has 1 nitrogen and oxygen atoms in total. The molecule has 0 saturated heterocycles. The monoisotopic (exact) mass is 303 g/mol. The quantitative estimate of drug-likeness (QED) is 0.746. The lowest BCUT2D eigenvalue weighted by Gasteiger charge is -2.16. The van der Waals surface area contributed by atoms with Gasteiger partial charge in [0.15, 0.2) is 0 Å². The van der Waals surface area contributed by atoms with Gasteiger partial charge in [-0.1, -0.05) is 35.8 Å². The molecule has 0 saturated carbocycles. The van der Waals surface area contributed by atoms with Crippen LogP contribution in [0, 0.1) is 6.92 Å². The van der Waals surface area contributed by atoms with Gasteiger partial charge < -0.3 is 0 Å².